The number of methoxy groups -OCH3 is 2. The number of alkyl carbamates (subject to hydrolysis) is 1. The van der Waals surface area contributed by atoms with Crippen LogP contribution in [0.1, 0.15) is 87.7 Å². The second-order valence-electron chi connectivity index (χ2n) is 15.0. The molecule has 0 saturated carbocycles. The summed E-state index contributed by atoms with van der Waals surface area (Å²) in [6, 6.07) is 7.31. The van der Waals surface area contributed by atoms with Gasteiger partial charge < -0.3 is 44.0 Å². The van der Waals surface area contributed by atoms with Crippen LogP contribution < -0.4 is 14.8 Å². The fraction of sp³-hybridized carbons (Fsp3) is 0.475. The Morgan fingerprint density at radius 1 is 0.833 bits per heavy atom. The zero-order valence-corrected chi connectivity index (χ0v) is 31.4. The Hall–Kier alpha value is -5.37. The zero-order chi connectivity index (χ0) is 37.7. The molecule has 0 aliphatic carbocycles. The number of aromatic nitrogens is 4. The molecule has 284 valence electrons. The third-order valence-corrected chi connectivity index (χ3v) is 11.2. The third kappa shape index (κ3) is 6.46. The molecule has 14 nitrogen and oxygen atoms in total. The standard InChI is InChI=1S/C40H47N7O7/c1-21(2)36(45-40(50)52-5)39(49)47-11-7-9-30(47)38-42-18-28(44-38)24-14-26-20-53-31-15-23(13-25-19-54-32(16-24)35(26)34(25)31)27-17-41-37(43-27)29-8-6-10-46(29)33(48)12-22(3)51-4/h13-18,21-22,29-30,36H,6-12,19-20H2,1-5H3,(H,41,43)(H,42,44)(H,45,50)/t22-,29+,30+,36+/m1/s1. The summed E-state index contributed by atoms with van der Waals surface area (Å²) in [6.45, 7) is 7.76. The van der Waals surface area contributed by atoms with Crippen molar-refractivity contribution in [2.45, 2.75) is 90.3 Å². The fourth-order valence-electron chi connectivity index (χ4n) is 8.29. The number of hydrogen-bond donors (Lipinski definition) is 3. The van der Waals surface area contributed by atoms with E-state index in [-0.39, 0.29) is 35.9 Å². The van der Waals surface area contributed by atoms with Gasteiger partial charge in [0.1, 0.15) is 42.4 Å². The van der Waals surface area contributed by atoms with E-state index in [0.717, 1.165) is 87.8 Å². The van der Waals surface area contributed by atoms with E-state index < -0.39 is 12.1 Å². The van der Waals surface area contributed by atoms with Crippen molar-refractivity contribution in [1.29, 1.82) is 0 Å². The lowest BCUT2D eigenvalue weighted by atomic mass is 9.87. The van der Waals surface area contributed by atoms with Crippen LogP contribution >= 0.6 is 0 Å². The van der Waals surface area contributed by atoms with Crippen molar-refractivity contribution in [2.75, 3.05) is 27.3 Å². The normalized spacial score (nSPS) is 19.6. The molecule has 0 spiro atoms. The Bertz CT molecular complexity index is 2040. The number of nitrogens with one attached hydrogen (secondary N) is 3. The molecule has 54 heavy (non-hydrogen) atoms. The maximum atomic E-state index is 13.6. The highest BCUT2D eigenvalue weighted by Crippen LogP contribution is 2.51. The first-order valence-corrected chi connectivity index (χ1v) is 18.8. The van der Waals surface area contributed by atoms with Crippen molar-refractivity contribution < 1.29 is 33.3 Å². The van der Waals surface area contributed by atoms with Crippen LogP contribution in [0.3, 0.4) is 0 Å². The number of rotatable bonds is 10. The maximum Gasteiger partial charge on any atom is 0.407 e. The van der Waals surface area contributed by atoms with Crippen molar-refractivity contribution in [2.24, 2.45) is 5.92 Å². The van der Waals surface area contributed by atoms with E-state index in [9.17, 15) is 14.4 Å². The number of aromatic amines is 2. The Morgan fingerprint density at radius 3 is 1.89 bits per heavy atom. The van der Waals surface area contributed by atoms with Gasteiger partial charge in [-0.05, 0) is 62.8 Å². The van der Waals surface area contributed by atoms with E-state index in [1.807, 2.05) is 42.8 Å². The first-order chi connectivity index (χ1) is 26.1. The first-order valence-electron chi connectivity index (χ1n) is 18.8. The summed E-state index contributed by atoms with van der Waals surface area (Å²) in [4.78, 5) is 58.9. The predicted molar refractivity (Wildman–Crippen MR) is 198 cm³/mol. The van der Waals surface area contributed by atoms with Crippen LogP contribution in [0.25, 0.3) is 33.6 Å². The van der Waals surface area contributed by atoms with Gasteiger partial charge in [-0.15, -0.1) is 0 Å². The average Bonchev–Trinajstić information content (AvgIpc) is 4.01. The molecule has 4 aromatic rings. The summed E-state index contributed by atoms with van der Waals surface area (Å²) < 4.78 is 22.9. The largest absolute Gasteiger partial charge is 0.488 e. The van der Waals surface area contributed by atoms with Gasteiger partial charge in [0, 0.05) is 53.6 Å². The SMILES string of the molecule is COC(=O)N[C@H](C(=O)N1CCC[C@H]1c1ncc(-c2cc3c4c(c2)OCc2cc(-c5cnc([C@@H]6CCCN6C(=O)C[C@@H](C)OC)[nH]5)cc(c2-4)OC3)[nH]1)C(C)C. The first kappa shape index (κ1) is 35.6. The monoisotopic (exact) mass is 737 g/mol. The summed E-state index contributed by atoms with van der Waals surface area (Å²) in [7, 11) is 2.92. The summed E-state index contributed by atoms with van der Waals surface area (Å²) in [6.07, 6.45) is 6.62. The number of carbonyl (C=O) groups is 3. The predicted octanol–water partition coefficient (Wildman–Crippen LogP) is 6.05. The van der Waals surface area contributed by atoms with E-state index in [4.69, 9.17) is 28.9 Å². The highest BCUT2D eigenvalue weighted by atomic mass is 16.5. The second kappa shape index (κ2) is 14.5. The molecular weight excluding hydrogens is 690 g/mol. The quantitative estimate of drug-likeness (QED) is 0.176. The summed E-state index contributed by atoms with van der Waals surface area (Å²) in [5, 5.41) is 2.70. The Balaban J connectivity index is 1.02. The molecule has 3 N–H and O–H groups in total. The number of likely N-dealkylation sites (tertiary alicyclic amines) is 2. The molecule has 0 radical (unpaired) electrons. The van der Waals surface area contributed by atoms with Crippen LogP contribution in [0.4, 0.5) is 4.79 Å². The van der Waals surface area contributed by atoms with Gasteiger partial charge in [-0.2, -0.15) is 0 Å². The van der Waals surface area contributed by atoms with Crippen LogP contribution in [-0.2, 0) is 32.3 Å². The number of ether oxygens (including phenoxy) is 4. The molecule has 3 amide bonds. The molecule has 4 atom stereocenters. The lowest BCUT2D eigenvalue weighted by Crippen LogP contribution is -2.51. The van der Waals surface area contributed by atoms with Crippen molar-refractivity contribution in [3.8, 4) is 45.1 Å². The Labute approximate surface area is 313 Å². The van der Waals surface area contributed by atoms with E-state index in [0.29, 0.717) is 38.5 Å². The topological polar surface area (TPSA) is 164 Å². The number of carbonyl (C=O) groups excluding carboxylic acids is 3. The van der Waals surface area contributed by atoms with Crippen molar-refractivity contribution in [3.05, 3.63) is 59.4 Å². The Kier molecular flexibility index (Phi) is 9.55. The lowest BCUT2D eigenvalue weighted by molar-refractivity contribution is -0.136. The van der Waals surface area contributed by atoms with Gasteiger partial charge in [0.25, 0.3) is 0 Å². The van der Waals surface area contributed by atoms with Gasteiger partial charge in [-0.25, -0.2) is 14.8 Å². The number of benzene rings is 2. The van der Waals surface area contributed by atoms with Gasteiger partial charge >= 0.3 is 6.09 Å². The molecule has 0 unspecified atom stereocenters. The fourth-order valence-corrected chi connectivity index (χ4v) is 8.29. The van der Waals surface area contributed by atoms with Gasteiger partial charge in [-0.1, -0.05) is 13.8 Å². The van der Waals surface area contributed by atoms with Gasteiger partial charge in [0.2, 0.25) is 11.8 Å². The van der Waals surface area contributed by atoms with E-state index in [1.165, 1.54) is 7.11 Å². The molecule has 2 aromatic carbocycles. The molecule has 2 fully saturated rings. The number of H-pyrrole nitrogens is 2. The van der Waals surface area contributed by atoms with Gasteiger partial charge in [0.15, 0.2) is 0 Å². The van der Waals surface area contributed by atoms with Crippen LogP contribution in [0, 0.1) is 5.92 Å². The minimum Gasteiger partial charge on any atom is -0.488 e. The molecule has 2 aromatic heterocycles. The number of hydrogen-bond acceptors (Lipinski definition) is 9. The minimum absolute atomic E-state index is 0.0812. The van der Waals surface area contributed by atoms with E-state index >= 15 is 0 Å². The molecule has 2 saturated heterocycles. The zero-order valence-electron chi connectivity index (χ0n) is 31.4. The molecule has 6 heterocycles. The van der Waals surface area contributed by atoms with Crippen molar-refractivity contribution >= 4 is 17.9 Å². The number of imidazole rings is 2. The minimum atomic E-state index is -0.700. The van der Waals surface area contributed by atoms with Crippen LogP contribution in [0.15, 0.2) is 36.7 Å². The van der Waals surface area contributed by atoms with Crippen LogP contribution in [-0.4, -0.2) is 87.1 Å². The lowest BCUT2D eigenvalue weighted by Gasteiger charge is -2.30. The maximum absolute atomic E-state index is 13.6. The van der Waals surface area contributed by atoms with Crippen LogP contribution in [0.2, 0.25) is 0 Å². The van der Waals surface area contributed by atoms with Crippen molar-refractivity contribution in [1.82, 2.24) is 35.1 Å². The summed E-state index contributed by atoms with van der Waals surface area (Å²) in [5.41, 5.74) is 7.67. The van der Waals surface area contributed by atoms with E-state index in [2.05, 4.69) is 33.5 Å². The highest BCUT2D eigenvalue weighted by molar-refractivity contribution is 5.89. The molecular formula is C40H47N7O7. The molecule has 4 aliphatic rings. The average molecular weight is 738 g/mol. The molecule has 0 bridgehead atoms. The van der Waals surface area contributed by atoms with E-state index in [1.54, 1.807) is 13.3 Å². The van der Waals surface area contributed by atoms with Crippen LogP contribution in [0.5, 0.6) is 11.5 Å². The summed E-state index contributed by atoms with van der Waals surface area (Å²) >= 11 is 0. The van der Waals surface area contributed by atoms with Crippen molar-refractivity contribution in [3.63, 3.8) is 0 Å². The Morgan fingerprint density at radius 2 is 1.37 bits per heavy atom. The van der Waals surface area contributed by atoms with Gasteiger partial charge in [0.05, 0.1) is 55.5 Å². The molecule has 4 aliphatic heterocycles. The number of amides is 3. The second-order valence-corrected chi connectivity index (χ2v) is 15.0. The number of nitrogens with zero attached hydrogens (tertiary/aromatic N) is 4. The molecule has 14 heteroatoms. The smallest absolute Gasteiger partial charge is 0.407 e. The third-order valence-electron chi connectivity index (χ3n) is 11.2. The highest BCUT2D eigenvalue weighted by Gasteiger charge is 2.38. The van der Waals surface area contributed by atoms with Gasteiger partial charge in [-0.3, -0.25) is 9.59 Å². The summed E-state index contributed by atoms with van der Waals surface area (Å²) in [5.74, 6) is 2.89. The molecule has 8 rings (SSSR count).